The van der Waals surface area contributed by atoms with E-state index in [1.54, 1.807) is 6.07 Å². The molecule has 0 radical (unpaired) electrons. The normalized spacial score (nSPS) is 10.8. The highest BCUT2D eigenvalue weighted by Gasteiger charge is 2.14. The van der Waals surface area contributed by atoms with Gasteiger partial charge in [-0.3, -0.25) is 4.79 Å². The Bertz CT molecular complexity index is 839. The first kappa shape index (κ1) is 17.2. The average molecular weight is 345 g/mol. The number of aromatic hydroxyl groups is 2. The van der Waals surface area contributed by atoms with Crippen molar-refractivity contribution in [2.45, 2.75) is 0 Å². The van der Waals surface area contributed by atoms with E-state index in [-0.39, 0.29) is 33.4 Å². The molecule has 0 aliphatic carbocycles. The largest absolute Gasteiger partial charge is 0.508 e. The maximum atomic E-state index is 12.2. The number of rotatable bonds is 4. The maximum absolute atomic E-state index is 12.2. The van der Waals surface area contributed by atoms with Crippen molar-refractivity contribution < 1.29 is 19.7 Å². The van der Waals surface area contributed by atoms with Gasteiger partial charge in [-0.05, 0) is 36.4 Å². The minimum Gasteiger partial charge on any atom is -0.508 e. The van der Waals surface area contributed by atoms with Gasteiger partial charge in [0.2, 0.25) is 0 Å². The van der Waals surface area contributed by atoms with E-state index in [0.717, 1.165) is 0 Å². The van der Waals surface area contributed by atoms with E-state index in [4.69, 9.17) is 16.3 Å². The van der Waals surface area contributed by atoms with Crippen LogP contribution in [0.1, 0.15) is 5.56 Å². The zero-order valence-electron chi connectivity index (χ0n) is 12.6. The number of carbonyl (C=O) groups excluding carboxylic acids is 1. The number of methoxy groups -OCH3 is 1. The fourth-order valence-corrected chi connectivity index (χ4v) is 2.12. The second-order valence-electron chi connectivity index (χ2n) is 4.72. The number of nitrogens with one attached hydrogen (secondary N) is 1. The number of amides is 1. The minimum atomic E-state index is -0.665. The van der Waals surface area contributed by atoms with Crippen molar-refractivity contribution in [2.75, 3.05) is 12.4 Å². The number of hydrogen-bond acceptors (Lipinski definition) is 5. The van der Waals surface area contributed by atoms with Crippen LogP contribution in [0.3, 0.4) is 0 Å². The number of hydrogen-bond donors (Lipinski definition) is 3. The molecule has 0 fully saturated rings. The summed E-state index contributed by atoms with van der Waals surface area (Å²) in [4.78, 5) is 12.2. The third-order valence-corrected chi connectivity index (χ3v) is 3.30. The van der Waals surface area contributed by atoms with Gasteiger partial charge in [0.15, 0.2) is 11.5 Å². The highest BCUT2D eigenvalue weighted by molar-refractivity contribution is 6.31. The zero-order chi connectivity index (χ0) is 17.7. The third-order valence-electron chi connectivity index (χ3n) is 3.08. The van der Waals surface area contributed by atoms with Crippen molar-refractivity contribution in [1.82, 2.24) is 0 Å². The lowest BCUT2D eigenvalue weighted by Gasteiger charge is -2.08. The van der Waals surface area contributed by atoms with Crippen LogP contribution >= 0.6 is 11.6 Å². The first-order chi connectivity index (χ1) is 11.4. The number of phenolic OH excluding ortho intramolecular Hbond substituents is 2. The quantitative estimate of drug-likeness (QED) is 0.448. The van der Waals surface area contributed by atoms with Gasteiger partial charge in [0.1, 0.15) is 17.4 Å². The zero-order valence-corrected chi connectivity index (χ0v) is 13.3. The summed E-state index contributed by atoms with van der Waals surface area (Å²) in [6.45, 7) is 0. The molecular formula is C17H13ClN2O4. The molecule has 7 heteroatoms. The van der Waals surface area contributed by atoms with Gasteiger partial charge >= 0.3 is 0 Å². The summed E-state index contributed by atoms with van der Waals surface area (Å²) in [7, 11) is 1.36. The van der Waals surface area contributed by atoms with Crippen LogP contribution in [0.4, 0.5) is 5.69 Å². The van der Waals surface area contributed by atoms with Crippen molar-refractivity contribution in [3.8, 4) is 23.3 Å². The second kappa shape index (κ2) is 7.40. The van der Waals surface area contributed by atoms with Crippen molar-refractivity contribution in [2.24, 2.45) is 0 Å². The van der Waals surface area contributed by atoms with Crippen LogP contribution in [0.5, 0.6) is 17.2 Å². The molecule has 0 saturated carbocycles. The van der Waals surface area contributed by atoms with E-state index in [1.807, 2.05) is 0 Å². The number of nitriles is 1. The van der Waals surface area contributed by atoms with Crippen molar-refractivity contribution in [3.63, 3.8) is 0 Å². The predicted octanol–water partition coefficient (Wildman–Crippen LogP) is 3.31. The summed E-state index contributed by atoms with van der Waals surface area (Å²) in [6.07, 6.45) is 1.21. The summed E-state index contributed by atoms with van der Waals surface area (Å²) < 4.78 is 4.98. The van der Waals surface area contributed by atoms with E-state index in [9.17, 15) is 20.3 Å². The van der Waals surface area contributed by atoms with Crippen molar-refractivity contribution in [1.29, 1.82) is 5.26 Å². The number of benzene rings is 2. The molecule has 2 aromatic carbocycles. The molecule has 0 aliphatic heterocycles. The Balaban J connectivity index is 2.32. The van der Waals surface area contributed by atoms with Crippen LogP contribution in [-0.4, -0.2) is 23.2 Å². The molecule has 0 saturated heterocycles. The Morgan fingerprint density at radius 2 is 1.96 bits per heavy atom. The van der Waals surface area contributed by atoms with E-state index in [2.05, 4.69) is 5.32 Å². The molecule has 0 spiro atoms. The molecular weight excluding hydrogens is 332 g/mol. The molecule has 6 nitrogen and oxygen atoms in total. The molecule has 1 amide bonds. The Morgan fingerprint density at radius 1 is 1.29 bits per heavy atom. The fourth-order valence-electron chi connectivity index (χ4n) is 1.91. The van der Waals surface area contributed by atoms with Gasteiger partial charge in [0.05, 0.1) is 7.11 Å². The van der Waals surface area contributed by atoms with Crippen LogP contribution in [0.15, 0.2) is 42.0 Å². The van der Waals surface area contributed by atoms with Crippen LogP contribution < -0.4 is 10.1 Å². The summed E-state index contributed by atoms with van der Waals surface area (Å²) >= 11 is 5.92. The second-order valence-corrected chi connectivity index (χ2v) is 5.15. The van der Waals surface area contributed by atoms with Crippen LogP contribution in [-0.2, 0) is 4.79 Å². The van der Waals surface area contributed by atoms with Crippen LogP contribution in [0, 0.1) is 11.3 Å². The number of carbonyl (C=O) groups is 1. The third kappa shape index (κ3) is 3.97. The molecule has 2 rings (SSSR count). The van der Waals surface area contributed by atoms with E-state index in [0.29, 0.717) is 5.69 Å². The monoisotopic (exact) mass is 344 g/mol. The number of nitrogens with zero attached hydrogens (tertiary/aromatic N) is 1. The number of halogens is 1. The van der Waals surface area contributed by atoms with Gasteiger partial charge in [0.25, 0.3) is 5.91 Å². The van der Waals surface area contributed by atoms with Gasteiger partial charge in [-0.2, -0.15) is 5.26 Å². The molecule has 0 aromatic heterocycles. The lowest BCUT2D eigenvalue weighted by Crippen LogP contribution is -2.13. The Morgan fingerprint density at radius 3 is 2.54 bits per heavy atom. The van der Waals surface area contributed by atoms with E-state index >= 15 is 0 Å². The first-order valence-electron chi connectivity index (χ1n) is 6.73. The molecule has 122 valence electrons. The Labute approximate surface area is 143 Å². The number of phenols is 2. The van der Waals surface area contributed by atoms with Gasteiger partial charge in [-0.25, -0.2) is 0 Å². The summed E-state index contributed by atoms with van der Waals surface area (Å²) in [5, 5.41) is 31.3. The maximum Gasteiger partial charge on any atom is 0.266 e. The standard InChI is InChI=1S/C17H13ClN2O4/c1-24-15-8-12(18)7-10(16(15)22)6-11(9-19)17(23)20-13-2-4-14(21)5-3-13/h2-8,21-22H,1H3,(H,20,23)/b11-6+. The smallest absolute Gasteiger partial charge is 0.266 e. The SMILES string of the molecule is COc1cc(Cl)cc(/C=C(\C#N)C(=O)Nc2ccc(O)cc2)c1O. The molecule has 2 aromatic rings. The lowest BCUT2D eigenvalue weighted by atomic mass is 10.1. The molecule has 0 bridgehead atoms. The summed E-state index contributed by atoms with van der Waals surface area (Å²) in [5.74, 6) is -0.710. The fraction of sp³-hybridized carbons (Fsp3) is 0.0588. The van der Waals surface area contributed by atoms with Gasteiger partial charge in [-0.1, -0.05) is 11.6 Å². The van der Waals surface area contributed by atoms with Gasteiger partial charge in [0, 0.05) is 22.3 Å². The summed E-state index contributed by atoms with van der Waals surface area (Å²) in [6, 6.07) is 10.4. The molecule has 0 aliphatic rings. The minimum absolute atomic E-state index is 0.0555. The predicted molar refractivity (Wildman–Crippen MR) is 90.0 cm³/mol. The van der Waals surface area contributed by atoms with Crippen LogP contribution in [0.2, 0.25) is 5.02 Å². The van der Waals surface area contributed by atoms with E-state index in [1.165, 1.54) is 49.6 Å². The molecule has 0 atom stereocenters. The average Bonchev–Trinajstić information content (AvgIpc) is 2.57. The van der Waals surface area contributed by atoms with Gasteiger partial charge in [-0.15, -0.1) is 0 Å². The highest BCUT2D eigenvalue weighted by Crippen LogP contribution is 2.34. The molecule has 0 heterocycles. The molecule has 0 unspecified atom stereocenters. The number of ether oxygens (including phenoxy) is 1. The van der Waals surface area contributed by atoms with E-state index < -0.39 is 5.91 Å². The van der Waals surface area contributed by atoms with Gasteiger partial charge < -0.3 is 20.3 Å². The molecule has 24 heavy (non-hydrogen) atoms. The lowest BCUT2D eigenvalue weighted by molar-refractivity contribution is -0.112. The number of anilines is 1. The Hall–Kier alpha value is -3.17. The first-order valence-corrected chi connectivity index (χ1v) is 7.11. The summed E-state index contributed by atoms with van der Waals surface area (Å²) in [5.41, 5.74) is 0.353. The van der Waals surface area contributed by atoms with Crippen molar-refractivity contribution >= 4 is 29.3 Å². The van der Waals surface area contributed by atoms with Crippen molar-refractivity contribution in [3.05, 3.63) is 52.6 Å². The topological polar surface area (TPSA) is 103 Å². The van der Waals surface area contributed by atoms with Crippen LogP contribution in [0.25, 0.3) is 6.08 Å². The Kier molecular flexibility index (Phi) is 5.30. The molecule has 3 N–H and O–H groups in total. The highest BCUT2D eigenvalue weighted by atomic mass is 35.5.